The van der Waals surface area contributed by atoms with Gasteiger partial charge in [0, 0.05) is 19.1 Å². The molecule has 0 aromatic heterocycles. The molecule has 112 valence electrons. The lowest BCUT2D eigenvalue weighted by Gasteiger charge is -2.35. The van der Waals surface area contributed by atoms with E-state index in [4.69, 9.17) is 0 Å². The molecule has 2 rings (SSSR count). The van der Waals surface area contributed by atoms with Gasteiger partial charge in [-0.25, -0.2) is 0 Å². The maximum Gasteiger partial charge on any atom is 0.301 e. The normalized spacial score (nSPS) is 18.9. The summed E-state index contributed by atoms with van der Waals surface area (Å²) in [6, 6.07) is 7.96. The molecule has 6 heteroatoms. The summed E-state index contributed by atoms with van der Waals surface area (Å²) in [5.41, 5.74) is 1.84. The third kappa shape index (κ3) is 3.13. The van der Waals surface area contributed by atoms with E-state index in [9.17, 15) is 8.42 Å². The topological polar surface area (TPSA) is 61.4 Å². The van der Waals surface area contributed by atoms with Crippen molar-refractivity contribution in [2.24, 2.45) is 0 Å². The van der Waals surface area contributed by atoms with Gasteiger partial charge in [0.1, 0.15) is 0 Å². The van der Waals surface area contributed by atoms with Gasteiger partial charge in [-0.05, 0) is 31.0 Å². The molecule has 0 fully saturated rings. The maximum atomic E-state index is 12.4. The lowest BCUT2D eigenvalue weighted by Crippen LogP contribution is -2.45. The Morgan fingerprint density at radius 1 is 1.30 bits per heavy atom. The molecule has 0 saturated heterocycles. The minimum atomic E-state index is -3.44. The van der Waals surface area contributed by atoms with E-state index in [1.165, 1.54) is 4.31 Å². The number of fused-ring (bicyclic) bond motifs is 1. The van der Waals surface area contributed by atoms with Crippen molar-refractivity contribution in [3.63, 3.8) is 0 Å². The zero-order valence-electron chi connectivity index (χ0n) is 12.1. The zero-order chi connectivity index (χ0) is 14.6. The fourth-order valence-electron chi connectivity index (χ4n) is 2.55. The van der Waals surface area contributed by atoms with Crippen LogP contribution in [0.3, 0.4) is 0 Å². The highest BCUT2D eigenvalue weighted by Crippen LogP contribution is 2.34. The monoisotopic (exact) mass is 297 g/mol. The Balaban J connectivity index is 2.31. The molecule has 0 amide bonds. The summed E-state index contributed by atoms with van der Waals surface area (Å²) in [5.74, 6) is 0. The molecule has 0 saturated carbocycles. The molecule has 1 aliphatic heterocycles. The van der Waals surface area contributed by atoms with Crippen LogP contribution in [0.2, 0.25) is 0 Å². The van der Waals surface area contributed by atoms with Gasteiger partial charge in [-0.15, -0.1) is 0 Å². The second kappa shape index (κ2) is 6.56. The smallest absolute Gasteiger partial charge is 0.301 e. The molecule has 20 heavy (non-hydrogen) atoms. The maximum absolute atomic E-state index is 12.4. The minimum Gasteiger partial charge on any atom is -0.310 e. The van der Waals surface area contributed by atoms with Gasteiger partial charge in [-0.1, -0.05) is 32.0 Å². The molecular weight excluding hydrogens is 274 g/mol. The summed E-state index contributed by atoms with van der Waals surface area (Å²) in [6.45, 7) is 5.87. The van der Waals surface area contributed by atoms with Crippen molar-refractivity contribution in [3.8, 4) is 0 Å². The molecule has 1 heterocycles. The lowest BCUT2D eigenvalue weighted by atomic mass is 9.98. The van der Waals surface area contributed by atoms with Gasteiger partial charge >= 0.3 is 10.2 Å². The van der Waals surface area contributed by atoms with Crippen LogP contribution >= 0.6 is 0 Å². The first kappa shape index (κ1) is 15.3. The Morgan fingerprint density at radius 2 is 2.05 bits per heavy atom. The Hall–Kier alpha value is -1.11. The lowest BCUT2D eigenvalue weighted by molar-refractivity contribution is 0.500. The number of anilines is 1. The van der Waals surface area contributed by atoms with Gasteiger partial charge in [0.2, 0.25) is 0 Å². The highest BCUT2D eigenvalue weighted by Gasteiger charge is 2.30. The van der Waals surface area contributed by atoms with E-state index in [1.807, 2.05) is 31.2 Å². The van der Waals surface area contributed by atoms with Crippen LogP contribution in [0.25, 0.3) is 0 Å². The summed E-state index contributed by atoms with van der Waals surface area (Å²) >= 11 is 0. The number of nitrogens with one attached hydrogen (secondary N) is 2. The van der Waals surface area contributed by atoms with E-state index in [-0.39, 0.29) is 6.04 Å². The number of nitrogens with zero attached hydrogens (tertiary/aromatic N) is 1. The molecule has 1 atom stereocenters. The van der Waals surface area contributed by atoms with E-state index >= 15 is 0 Å². The van der Waals surface area contributed by atoms with E-state index in [0.29, 0.717) is 13.1 Å². The van der Waals surface area contributed by atoms with Crippen molar-refractivity contribution in [3.05, 3.63) is 29.8 Å². The number of rotatable bonds is 6. The zero-order valence-corrected chi connectivity index (χ0v) is 12.9. The molecule has 0 bridgehead atoms. The van der Waals surface area contributed by atoms with Crippen LogP contribution < -0.4 is 14.3 Å². The van der Waals surface area contributed by atoms with E-state index in [1.54, 1.807) is 0 Å². The Bertz CT molecular complexity index is 545. The molecule has 0 radical (unpaired) electrons. The summed E-state index contributed by atoms with van der Waals surface area (Å²) < 4.78 is 28.9. The largest absolute Gasteiger partial charge is 0.310 e. The Kier molecular flexibility index (Phi) is 5.01. The summed E-state index contributed by atoms with van der Waals surface area (Å²) in [7, 11) is -3.44. The van der Waals surface area contributed by atoms with Crippen molar-refractivity contribution >= 4 is 15.9 Å². The van der Waals surface area contributed by atoms with Crippen molar-refractivity contribution in [1.29, 1.82) is 0 Å². The molecule has 0 aliphatic carbocycles. The molecule has 1 aromatic rings. The van der Waals surface area contributed by atoms with Crippen molar-refractivity contribution in [2.45, 2.75) is 32.7 Å². The molecule has 1 unspecified atom stereocenters. The Labute approximate surface area is 121 Å². The summed E-state index contributed by atoms with van der Waals surface area (Å²) in [6.07, 6.45) is 1.58. The SMILES string of the molecule is CCCNS(=O)(=O)N1CCC(NCC)c2ccccc21. The molecule has 1 aromatic carbocycles. The van der Waals surface area contributed by atoms with E-state index in [2.05, 4.69) is 17.0 Å². The first-order valence-corrected chi connectivity index (χ1v) is 8.63. The van der Waals surface area contributed by atoms with Crippen LogP contribution in [0, 0.1) is 0 Å². The van der Waals surface area contributed by atoms with E-state index in [0.717, 1.165) is 30.6 Å². The fraction of sp³-hybridized carbons (Fsp3) is 0.571. The van der Waals surface area contributed by atoms with Crippen LogP contribution in [0.5, 0.6) is 0 Å². The van der Waals surface area contributed by atoms with Crippen molar-refractivity contribution in [1.82, 2.24) is 10.0 Å². The van der Waals surface area contributed by atoms with Gasteiger partial charge < -0.3 is 5.32 Å². The average molecular weight is 297 g/mol. The molecule has 2 N–H and O–H groups in total. The predicted molar refractivity (Wildman–Crippen MR) is 82.0 cm³/mol. The molecular formula is C14H23N3O2S. The highest BCUT2D eigenvalue weighted by molar-refractivity contribution is 7.90. The van der Waals surface area contributed by atoms with Crippen LogP contribution in [-0.2, 0) is 10.2 Å². The number of hydrogen-bond donors (Lipinski definition) is 2. The fourth-order valence-corrected chi connectivity index (χ4v) is 3.94. The first-order valence-electron chi connectivity index (χ1n) is 7.19. The van der Waals surface area contributed by atoms with Crippen molar-refractivity contribution in [2.75, 3.05) is 23.9 Å². The highest BCUT2D eigenvalue weighted by atomic mass is 32.2. The number of para-hydroxylation sites is 1. The van der Waals surface area contributed by atoms with Crippen LogP contribution in [0.4, 0.5) is 5.69 Å². The molecule has 0 spiro atoms. The van der Waals surface area contributed by atoms with Crippen molar-refractivity contribution < 1.29 is 8.42 Å². The molecule has 5 nitrogen and oxygen atoms in total. The predicted octanol–water partition coefficient (Wildman–Crippen LogP) is 1.79. The van der Waals surface area contributed by atoms with Crippen LogP contribution in [-0.4, -0.2) is 28.1 Å². The second-order valence-electron chi connectivity index (χ2n) is 4.93. The van der Waals surface area contributed by atoms with Gasteiger partial charge in [-0.3, -0.25) is 4.31 Å². The summed E-state index contributed by atoms with van der Waals surface area (Å²) in [4.78, 5) is 0. The van der Waals surface area contributed by atoms with Gasteiger partial charge in [0.25, 0.3) is 0 Å². The average Bonchev–Trinajstić information content (AvgIpc) is 2.45. The third-order valence-corrected chi connectivity index (χ3v) is 5.01. The van der Waals surface area contributed by atoms with Gasteiger partial charge in [-0.2, -0.15) is 13.1 Å². The second-order valence-corrected chi connectivity index (χ2v) is 6.61. The standard InChI is InChI=1S/C14H23N3O2S/c1-3-10-16-20(18,19)17-11-9-13(15-4-2)12-7-5-6-8-14(12)17/h5-8,13,15-16H,3-4,9-11H2,1-2H3. The number of hydrogen-bond acceptors (Lipinski definition) is 3. The number of benzene rings is 1. The first-order chi connectivity index (χ1) is 9.60. The van der Waals surface area contributed by atoms with E-state index < -0.39 is 10.2 Å². The van der Waals surface area contributed by atoms with Crippen LogP contribution in [0.1, 0.15) is 38.3 Å². The summed E-state index contributed by atoms with van der Waals surface area (Å²) in [5, 5.41) is 3.41. The quantitative estimate of drug-likeness (QED) is 0.841. The Morgan fingerprint density at radius 3 is 2.75 bits per heavy atom. The third-order valence-electron chi connectivity index (χ3n) is 3.48. The van der Waals surface area contributed by atoms with Crippen LogP contribution in [0.15, 0.2) is 24.3 Å². The van der Waals surface area contributed by atoms with Gasteiger partial charge in [0.05, 0.1) is 5.69 Å². The molecule has 1 aliphatic rings. The minimum absolute atomic E-state index is 0.230. The van der Waals surface area contributed by atoms with Gasteiger partial charge in [0.15, 0.2) is 0 Å².